The minimum Gasteiger partial charge on any atom is -0.297 e. The molecule has 0 radical (unpaired) electrons. The van der Waals surface area contributed by atoms with Crippen molar-refractivity contribution in [3.05, 3.63) is 58.9 Å². The first-order valence-corrected chi connectivity index (χ1v) is 6.38. The van der Waals surface area contributed by atoms with Crippen molar-refractivity contribution in [3.63, 3.8) is 0 Å². The van der Waals surface area contributed by atoms with Crippen LogP contribution in [-0.4, -0.2) is 19.3 Å². The van der Waals surface area contributed by atoms with E-state index in [1.54, 1.807) is 29.2 Å². The number of nitro benzene ring substituents is 1. The normalized spacial score (nSPS) is 10.0. The minimum absolute atomic E-state index is 0.205. The third-order valence-corrected chi connectivity index (χ3v) is 2.74. The number of imidazole rings is 1. The molecule has 0 aliphatic heterocycles. The van der Waals surface area contributed by atoms with Crippen molar-refractivity contribution in [2.75, 3.05) is 0 Å². The quantitative estimate of drug-likeness (QED) is 0.534. The highest BCUT2D eigenvalue weighted by Gasteiger charge is 2.15. The maximum absolute atomic E-state index is 13.9. The second-order valence-corrected chi connectivity index (χ2v) is 3.87. The number of nitro groups is 1. The van der Waals surface area contributed by atoms with Crippen molar-refractivity contribution in [1.29, 1.82) is 0 Å². The van der Waals surface area contributed by atoms with E-state index >= 15 is 0 Å². The van der Waals surface area contributed by atoms with E-state index in [-0.39, 0.29) is 11.3 Å². The van der Waals surface area contributed by atoms with Crippen LogP contribution in [0.1, 0.15) is 13.8 Å². The topological polar surface area (TPSA) is 73.3 Å². The molecule has 3 aromatic rings. The monoisotopic (exact) mass is 288 g/mol. The molecule has 108 valence electrons. The molecule has 7 heteroatoms. The molecule has 0 bridgehead atoms. The lowest BCUT2D eigenvalue weighted by atomic mass is 10.2. The van der Waals surface area contributed by atoms with Crippen molar-refractivity contribution < 1.29 is 9.31 Å². The van der Waals surface area contributed by atoms with E-state index in [9.17, 15) is 14.5 Å². The van der Waals surface area contributed by atoms with E-state index in [0.717, 1.165) is 11.6 Å². The Morgan fingerprint density at radius 3 is 2.71 bits per heavy atom. The van der Waals surface area contributed by atoms with Crippen molar-refractivity contribution >= 4 is 11.2 Å². The van der Waals surface area contributed by atoms with Gasteiger partial charge in [0, 0.05) is 18.5 Å². The molecule has 0 amide bonds. The van der Waals surface area contributed by atoms with Gasteiger partial charge in [0.15, 0.2) is 0 Å². The molecule has 1 aromatic carbocycles. The molecular weight excluding hydrogens is 275 g/mol. The Bertz CT molecular complexity index is 785. The fourth-order valence-electron chi connectivity index (χ4n) is 1.85. The molecule has 0 unspecified atom stereocenters. The number of fused-ring (bicyclic) bond motifs is 1. The average Bonchev–Trinajstić information content (AvgIpc) is 2.93. The maximum atomic E-state index is 13.9. The van der Waals surface area contributed by atoms with Crippen LogP contribution >= 0.6 is 0 Å². The van der Waals surface area contributed by atoms with Crippen LogP contribution < -0.4 is 0 Å². The van der Waals surface area contributed by atoms with Crippen molar-refractivity contribution in [2.45, 2.75) is 13.8 Å². The molecular formula is C14H13FN4O2. The molecule has 6 nitrogen and oxygen atoms in total. The second-order valence-electron chi connectivity index (χ2n) is 3.87. The van der Waals surface area contributed by atoms with Gasteiger partial charge < -0.3 is 0 Å². The van der Waals surface area contributed by atoms with Gasteiger partial charge in [-0.1, -0.05) is 13.8 Å². The van der Waals surface area contributed by atoms with Crippen molar-refractivity contribution in [3.8, 4) is 11.4 Å². The van der Waals surface area contributed by atoms with Crippen LogP contribution in [0.2, 0.25) is 0 Å². The Morgan fingerprint density at radius 1 is 1.29 bits per heavy atom. The van der Waals surface area contributed by atoms with Crippen LogP contribution in [0.5, 0.6) is 0 Å². The maximum Gasteiger partial charge on any atom is 0.272 e. The number of aromatic nitrogens is 3. The summed E-state index contributed by atoms with van der Waals surface area (Å²) in [6, 6.07) is 3.49. The predicted molar refractivity (Wildman–Crippen MR) is 76.4 cm³/mol. The van der Waals surface area contributed by atoms with Gasteiger partial charge in [-0.3, -0.25) is 19.5 Å². The van der Waals surface area contributed by atoms with E-state index in [1.165, 1.54) is 12.1 Å². The lowest BCUT2D eigenvalue weighted by Crippen LogP contribution is -1.95. The van der Waals surface area contributed by atoms with Gasteiger partial charge in [-0.25, -0.2) is 9.37 Å². The molecule has 3 rings (SSSR count). The van der Waals surface area contributed by atoms with Gasteiger partial charge in [0.2, 0.25) is 0 Å². The second kappa shape index (κ2) is 6.08. The highest BCUT2D eigenvalue weighted by molar-refractivity contribution is 5.63. The fourth-order valence-corrected chi connectivity index (χ4v) is 1.85. The summed E-state index contributed by atoms with van der Waals surface area (Å²) >= 11 is 0. The average molecular weight is 288 g/mol. The van der Waals surface area contributed by atoms with Crippen LogP contribution in [0.15, 0.2) is 43.0 Å². The summed E-state index contributed by atoms with van der Waals surface area (Å²) in [7, 11) is 0. The first kappa shape index (κ1) is 14.6. The SMILES string of the molecule is CC.O=[N+]([O-])c1ccc(-c2ncc3cnccn23)c(F)c1. The van der Waals surface area contributed by atoms with Gasteiger partial charge in [0.1, 0.15) is 11.6 Å². The highest BCUT2D eigenvalue weighted by atomic mass is 19.1. The van der Waals surface area contributed by atoms with Crippen LogP contribution in [0.3, 0.4) is 0 Å². The van der Waals surface area contributed by atoms with E-state index in [0.29, 0.717) is 5.82 Å². The summed E-state index contributed by atoms with van der Waals surface area (Å²) in [6.45, 7) is 4.00. The van der Waals surface area contributed by atoms with Crippen molar-refractivity contribution in [2.24, 2.45) is 0 Å². The fraction of sp³-hybridized carbons (Fsp3) is 0.143. The van der Waals surface area contributed by atoms with Gasteiger partial charge in [-0.2, -0.15) is 0 Å². The van der Waals surface area contributed by atoms with Crippen LogP contribution in [0.4, 0.5) is 10.1 Å². The molecule has 0 spiro atoms. The number of non-ortho nitro benzene ring substituents is 1. The number of halogens is 1. The molecule has 0 aliphatic carbocycles. The molecule has 0 N–H and O–H groups in total. The number of hydrogen-bond acceptors (Lipinski definition) is 4. The van der Waals surface area contributed by atoms with Gasteiger partial charge in [-0.05, 0) is 6.07 Å². The zero-order valence-electron chi connectivity index (χ0n) is 11.5. The number of nitrogens with zero attached hydrogens (tertiary/aromatic N) is 4. The summed E-state index contributed by atoms with van der Waals surface area (Å²) in [6.07, 6.45) is 6.36. The molecule has 2 aromatic heterocycles. The number of benzene rings is 1. The number of rotatable bonds is 2. The Kier molecular flexibility index (Phi) is 4.22. The Morgan fingerprint density at radius 2 is 2.05 bits per heavy atom. The van der Waals surface area contributed by atoms with E-state index in [4.69, 9.17) is 0 Å². The summed E-state index contributed by atoms with van der Waals surface area (Å²) in [4.78, 5) is 18.0. The predicted octanol–water partition coefficient (Wildman–Crippen LogP) is 3.47. The molecule has 0 aliphatic rings. The third-order valence-electron chi connectivity index (χ3n) is 2.74. The Balaban J connectivity index is 0.000000774. The van der Waals surface area contributed by atoms with E-state index in [2.05, 4.69) is 9.97 Å². The molecule has 2 heterocycles. The first-order chi connectivity index (χ1) is 10.2. The van der Waals surface area contributed by atoms with E-state index < -0.39 is 10.7 Å². The minimum atomic E-state index is -0.682. The van der Waals surface area contributed by atoms with Crippen LogP contribution in [-0.2, 0) is 0 Å². The molecule has 21 heavy (non-hydrogen) atoms. The number of hydrogen-bond donors (Lipinski definition) is 0. The summed E-state index contributed by atoms with van der Waals surface area (Å²) in [5, 5.41) is 10.6. The largest absolute Gasteiger partial charge is 0.297 e. The van der Waals surface area contributed by atoms with Crippen LogP contribution in [0, 0.1) is 15.9 Å². The Hall–Kier alpha value is -2.83. The van der Waals surface area contributed by atoms with Gasteiger partial charge in [0.05, 0.1) is 34.5 Å². The molecule has 0 fully saturated rings. The first-order valence-electron chi connectivity index (χ1n) is 6.38. The summed E-state index contributed by atoms with van der Waals surface area (Å²) < 4.78 is 15.6. The lowest BCUT2D eigenvalue weighted by Gasteiger charge is -2.02. The third kappa shape index (κ3) is 2.71. The lowest BCUT2D eigenvalue weighted by molar-refractivity contribution is -0.385. The van der Waals surface area contributed by atoms with Crippen molar-refractivity contribution in [1.82, 2.24) is 14.4 Å². The van der Waals surface area contributed by atoms with Gasteiger partial charge >= 0.3 is 0 Å². The van der Waals surface area contributed by atoms with E-state index in [1.807, 2.05) is 13.8 Å². The van der Waals surface area contributed by atoms with Crippen LogP contribution in [0.25, 0.3) is 16.9 Å². The Labute approximate surface area is 120 Å². The molecule has 0 saturated heterocycles. The van der Waals surface area contributed by atoms with Gasteiger partial charge in [-0.15, -0.1) is 0 Å². The highest BCUT2D eigenvalue weighted by Crippen LogP contribution is 2.25. The molecule has 0 saturated carbocycles. The zero-order valence-corrected chi connectivity index (χ0v) is 11.5. The smallest absolute Gasteiger partial charge is 0.272 e. The standard InChI is InChI=1S/C12H7FN4O2.C2H6/c13-11-5-8(17(18)19)1-2-10(11)12-15-7-9-6-14-3-4-16(9)12;1-2/h1-7H;1-2H3. The summed E-state index contributed by atoms with van der Waals surface area (Å²) in [5.41, 5.74) is 0.635. The molecule has 0 atom stereocenters. The van der Waals surface area contributed by atoms with Gasteiger partial charge in [0.25, 0.3) is 5.69 Å². The summed E-state index contributed by atoms with van der Waals surface area (Å²) in [5.74, 6) is -0.302. The zero-order chi connectivity index (χ0) is 15.4.